The van der Waals surface area contributed by atoms with E-state index in [0.29, 0.717) is 30.7 Å². The molecule has 1 aliphatic heterocycles. The molecule has 0 N–H and O–H groups in total. The van der Waals surface area contributed by atoms with Crippen LogP contribution in [-0.2, 0) is 11.2 Å². The fraction of sp³-hybridized carbons (Fsp3) is 0.778. The molecule has 1 unspecified atom stereocenters. The molecule has 1 saturated heterocycles. The molecule has 78 valence electrons. The minimum absolute atomic E-state index is 0.278. The highest BCUT2D eigenvalue weighted by Gasteiger charge is 2.21. The van der Waals surface area contributed by atoms with Crippen LogP contribution in [0.1, 0.15) is 30.5 Å². The third-order valence-corrected chi connectivity index (χ3v) is 2.49. The van der Waals surface area contributed by atoms with Gasteiger partial charge in [0.25, 0.3) is 0 Å². The van der Waals surface area contributed by atoms with Gasteiger partial charge in [-0.1, -0.05) is 0 Å². The Balaban J connectivity index is 2.00. The number of hydrogen-bond donors (Lipinski definition) is 0. The van der Waals surface area contributed by atoms with Crippen LogP contribution >= 0.6 is 11.6 Å². The molecule has 4 nitrogen and oxygen atoms in total. The van der Waals surface area contributed by atoms with Crippen LogP contribution in [0.4, 0.5) is 0 Å². The molecule has 2 heterocycles. The van der Waals surface area contributed by atoms with Crippen molar-refractivity contribution >= 4 is 11.6 Å². The zero-order valence-electron chi connectivity index (χ0n) is 7.91. The zero-order chi connectivity index (χ0) is 9.80. The van der Waals surface area contributed by atoms with Crippen molar-refractivity contribution in [3.63, 3.8) is 0 Å². The van der Waals surface area contributed by atoms with Gasteiger partial charge < -0.3 is 9.15 Å². The lowest BCUT2D eigenvalue weighted by Gasteiger charge is -2.18. The van der Waals surface area contributed by atoms with Gasteiger partial charge >= 0.3 is 0 Å². The summed E-state index contributed by atoms with van der Waals surface area (Å²) in [5, 5.41) is 7.93. The minimum Gasteiger partial charge on any atom is -0.425 e. The van der Waals surface area contributed by atoms with Crippen molar-refractivity contribution in [2.75, 3.05) is 19.1 Å². The first-order valence-corrected chi connectivity index (χ1v) is 5.39. The average molecular weight is 217 g/mol. The number of halogens is 1. The lowest BCUT2D eigenvalue weighted by molar-refractivity contribution is 0.0722. The highest BCUT2D eigenvalue weighted by atomic mass is 35.5. The van der Waals surface area contributed by atoms with E-state index in [4.69, 9.17) is 20.8 Å². The van der Waals surface area contributed by atoms with Gasteiger partial charge in [-0.3, -0.25) is 0 Å². The Morgan fingerprint density at radius 3 is 3.07 bits per heavy atom. The lowest BCUT2D eigenvalue weighted by Crippen LogP contribution is -2.15. The molecule has 0 saturated carbocycles. The summed E-state index contributed by atoms with van der Waals surface area (Å²) in [6, 6.07) is 0. The Bertz CT molecular complexity index is 284. The molecular weight excluding hydrogens is 204 g/mol. The van der Waals surface area contributed by atoms with Crippen molar-refractivity contribution in [1.29, 1.82) is 0 Å². The van der Waals surface area contributed by atoms with Crippen molar-refractivity contribution in [1.82, 2.24) is 10.2 Å². The standard InChI is InChI=1S/C9H13ClN2O2/c10-4-3-8-11-12-9(14-8)7-2-1-5-13-6-7/h7H,1-6H2. The number of rotatable bonds is 3. The van der Waals surface area contributed by atoms with E-state index in [9.17, 15) is 0 Å². The molecule has 0 radical (unpaired) electrons. The van der Waals surface area contributed by atoms with Crippen LogP contribution in [-0.4, -0.2) is 29.3 Å². The van der Waals surface area contributed by atoms with Crippen LogP contribution in [0.2, 0.25) is 0 Å². The molecule has 0 amide bonds. The molecule has 0 aliphatic carbocycles. The summed E-state index contributed by atoms with van der Waals surface area (Å²) < 4.78 is 10.8. The molecular formula is C9H13ClN2O2. The van der Waals surface area contributed by atoms with Crippen LogP contribution in [0, 0.1) is 0 Å². The van der Waals surface area contributed by atoms with E-state index in [1.807, 2.05) is 0 Å². The molecule has 1 aliphatic rings. The molecule has 0 aromatic carbocycles. The van der Waals surface area contributed by atoms with E-state index in [1.54, 1.807) is 0 Å². The Hall–Kier alpha value is -0.610. The largest absolute Gasteiger partial charge is 0.425 e. The molecule has 1 aromatic heterocycles. The fourth-order valence-electron chi connectivity index (χ4n) is 1.55. The predicted octanol–water partition coefficient (Wildman–Crippen LogP) is 1.74. The van der Waals surface area contributed by atoms with Crippen molar-refractivity contribution in [2.24, 2.45) is 0 Å². The quantitative estimate of drug-likeness (QED) is 0.723. The number of alkyl halides is 1. The second kappa shape index (κ2) is 4.75. The van der Waals surface area contributed by atoms with E-state index >= 15 is 0 Å². The highest BCUT2D eigenvalue weighted by Crippen LogP contribution is 2.24. The maximum Gasteiger partial charge on any atom is 0.221 e. The first kappa shape index (κ1) is 9.93. The Morgan fingerprint density at radius 1 is 1.43 bits per heavy atom. The van der Waals surface area contributed by atoms with Gasteiger partial charge in [0.1, 0.15) is 0 Å². The summed E-state index contributed by atoms with van der Waals surface area (Å²) in [5.74, 6) is 2.12. The Morgan fingerprint density at radius 2 is 2.36 bits per heavy atom. The maximum absolute atomic E-state index is 5.58. The van der Waals surface area contributed by atoms with Gasteiger partial charge in [0, 0.05) is 18.9 Å². The number of nitrogens with zero attached hydrogens (tertiary/aromatic N) is 2. The second-order valence-electron chi connectivity index (χ2n) is 3.39. The van der Waals surface area contributed by atoms with E-state index in [1.165, 1.54) is 0 Å². The van der Waals surface area contributed by atoms with E-state index in [-0.39, 0.29) is 5.92 Å². The van der Waals surface area contributed by atoms with E-state index in [2.05, 4.69) is 10.2 Å². The van der Waals surface area contributed by atoms with Crippen molar-refractivity contribution in [2.45, 2.75) is 25.2 Å². The van der Waals surface area contributed by atoms with Crippen LogP contribution < -0.4 is 0 Å². The van der Waals surface area contributed by atoms with Gasteiger partial charge in [0.05, 0.1) is 12.5 Å². The number of aromatic nitrogens is 2. The van der Waals surface area contributed by atoms with Crippen molar-refractivity contribution in [3.8, 4) is 0 Å². The normalized spacial score (nSPS) is 22.5. The Kier molecular flexibility index (Phi) is 3.37. The SMILES string of the molecule is ClCCc1nnc(C2CCCOC2)o1. The molecule has 2 rings (SSSR count). The summed E-state index contributed by atoms with van der Waals surface area (Å²) in [5.41, 5.74) is 0. The molecule has 14 heavy (non-hydrogen) atoms. The fourth-order valence-corrected chi connectivity index (χ4v) is 1.71. The lowest BCUT2D eigenvalue weighted by atomic mass is 10.0. The first-order chi connectivity index (χ1) is 6.90. The van der Waals surface area contributed by atoms with Gasteiger partial charge in [-0.05, 0) is 12.8 Å². The van der Waals surface area contributed by atoms with Crippen LogP contribution in [0.3, 0.4) is 0 Å². The molecule has 0 bridgehead atoms. The van der Waals surface area contributed by atoms with E-state index in [0.717, 1.165) is 19.4 Å². The second-order valence-corrected chi connectivity index (χ2v) is 3.77. The first-order valence-electron chi connectivity index (χ1n) is 4.86. The number of aryl methyl sites for hydroxylation is 1. The van der Waals surface area contributed by atoms with Gasteiger partial charge in [-0.2, -0.15) is 0 Å². The molecule has 1 aromatic rings. The van der Waals surface area contributed by atoms with Crippen LogP contribution in [0.5, 0.6) is 0 Å². The summed E-state index contributed by atoms with van der Waals surface area (Å²) >= 11 is 5.58. The van der Waals surface area contributed by atoms with Gasteiger partial charge in [0.2, 0.25) is 11.8 Å². The van der Waals surface area contributed by atoms with Crippen molar-refractivity contribution < 1.29 is 9.15 Å². The molecule has 1 fully saturated rings. The van der Waals surface area contributed by atoms with Crippen LogP contribution in [0.25, 0.3) is 0 Å². The smallest absolute Gasteiger partial charge is 0.221 e. The minimum atomic E-state index is 0.278. The molecule has 1 atom stereocenters. The summed E-state index contributed by atoms with van der Waals surface area (Å²) in [6.45, 7) is 1.54. The Labute approximate surface area is 87.6 Å². The summed E-state index contributed by atoms with van der Waals surface area (Å²) in [7, 11) is 0. The van der Waals surface area contributed by atoms with E-state index < -0.39 is 0 Å². The third-order valence-electron chi connectivity index (χ3n) is 2.30. The zero-order valence-corrected chi connectivity index (χ0v) is 8.66. The number of hydrogen-bond acceptors (Lipinski definition) is 4. The number of ether oxygens (including phenoxy) is 1. The van der Waals surface area contributed by atoms with Crippen LogP contribution in [0.15, 0.2) is 4.42 Å². The summed E-state index contributed by atoms with van der Waals surface area (Å²) in [4.78, 5) is 0. The average Bonchev–Trinajstić information content (AvgIpc) is 2.68. The monoisotopic (exact) mass is 216 g/mol. The predicted molar refractivity (Wildman–Crippen MR) is 51.5 cm³/mol. The molecule has 5 heteroatoms. The molecule has 0 spiro atoms. The highest BCUT2D eigenvalue weighted by molar-refractivity contribution is 6.17. The third kappa shape index (κ3) is 2.25. The van der Waals surface area contributed by atoms with Crippen molar-refractivity contribution in [3.05, 3.63) is 11.8 Å². The van der Waals surface area contributed by atoms with Gasteiger partial charge in [0.15, 0.2) is 0 Å². The maximum atomic E-state index is 5.58. The topological polar surface area (TPSA) is 48.2 Å². The van der Waals surface area contributed by atoms with Gasteiger partial charge in [-0.15, -0.1) is 21.8 Å². The van der Waals surface area contributed by atoms with Gasteiger partial charge in [-0.25, -0.2) is 0 Å². The summed E-state index contributed by atoms with van der Waals surface area (Å²) in [6.07, 6.45) is 2.78.